The normalized spacial score (nSPS) is 11.2. The lowest BCUT2D eigenvalue weighted by molar-refractivity contribution is -0.129. The molecule has 0 aromatic heterocycles. The quantitative estimate of drug-likeness (QED) is 0.218. The number of rotatable bonds is 6. The number of aromatic hydroxyl groups is 1. The summed E-state index contributed by atoms with van der Waals surface area (Å²) in [5.41, 5.74) is 2.07. The number of benzene rings is 3. The molecule has 3 aromatic rings. The maximum atomic E-state index is 12.2. The Hall–Kier alpha value is -3.28. The van der Waals surface area contributed by atoms with Crippen molar-refractivity contribution in [2.45, 2.75) is 0 Å². The molecule has 3 rings (SSSR count). The van der Waals surface area contributed by atoms with Gasteiger partial charge in [-0.3, -0.25) is 4.99 Å². The fourth-order valence-corrected chi connectivity index (χ4v) is 2.97. The Morgan fingerprint density at radius 2 is 1.80 bits per heavy atom. The summed E-state index contributed by atoms with van der Waals surface area (Å²) in [4.78, 5) is 16.5. The fourth-order valence-electron chi connectivity index (χ4n) is 2.51. The van der Waals surface area contributed by atoms with Gasteiger partial charge >= 0.3 is 5.97 Å². The Labute approximate surface area is 183 Å². The van der Waals surface area contributed by atoms with Crippen LogP contribution in [0.3, 0.4) is 0 Å². The SMILES string of the molecule is COc1cc(/C=N/c2ccc(O)cc2)cc(Cl)c1OC(=O)/C=C/c1cccc(Cl)c1. The Morgan fingerprint density at radius 3 is 2.50 bits per heavy atom. The third-order valence-electron chi connectivity index (χ3n) is 3.93. The lowest BCUT2D eigenvalue weighted by Gasteiger charge is -2.11. The largest absolute Gasteiger partial charge is 0.508 e. The van der Waals surface area contributed by atoms with Gasteiger partial charge in [0.1, 0.15) is 5.75 Å². The van der Waals surface area contributed by atoms with E-state index in [4.69, 9.17) is 32.7 Å². The molecule has 30 heavy (non-hydrogen) atoms. The van der Waals surface area contributed by atoms with Gasteiger partial charge in [-0.15, -0.1) is 0 Å². The molecule has 0 unspecified atom stereocenters. The van der Waals surface area contributed by atoms with E-state index >= 15 is 0 Å². The summed E-state index contributed by atoms with van der Waals surface area (Å²) in [7, 11) is 1.45. The van der Waals surface area contributed by atoms with Crippen LogP contribution < -0.4 is 9.47 Å². The Kier molecular flexibility index (Phi) is 7.12. The number of carbonyl (C=O) groups is 1. The number of carbonyl (C=O) groups excluding carboxylic acids is 1. The second kappa shape index (κ2) is 9.96. The van der Waals surface area contributed by atoms with E-state index in [1.54, 1.807) is 66.9 Å². The number of aliphatic imine (C=N–C) groups is 1. The van der Waals surface area contributed by atoms with Crippen LogP contribution in [0.2, 0.25) is 10.0 Å². The standard InChI is InChI=1S/C23H17Cl2NO4/c1-29-21-13-16(14-26-18-6-8-19(27)9-7-18)12-20(25)23(21)30-22(28)10-5-15-3-2-4-17(24)11-15/h2-14,27H,1H3/b10-5+,26-14+. The van der Waals surface area contributed by atoms with Gasteiger partial charge in [0.2, 0.25) is 0 Å². The first kappa shape index (κ1) is 21.4. The Balaban J connectivity index is 1.76. The molecule has 0 saturated carbocycles. The predicted octanol–water partition coefficient (Wildman–Crippen LogP) is 6.08. The highest BCUT2D eigenvalue weighted by atomic mass is 35.5. The van der Waals surface area contributed by atoms with Crippen LogP contribution in [0, 0.1) is 0 Å². The molecule has 0 aliphatic heterocycles. The maximum absolute atomic E-state index is 12.2. The van der Waals surface area contributed by atoms with Crippen LogP contribution in [0.4, 0.5) is 5.69 Å². The fraction of sp³-hybridized carbons (Fsp3) is 0.0435. The number of methoxy groups -OCH3 is 1. The van der Waals surface area contributed by atoms with Gasteiger partial charge in [0.25, 0.3) is 0 Å². The van der Waals surface area contributed by atoms with Crippen molar-refractivity contribution < 1.29 is 19.4 Å². The van der Waals surface area contributed by atoms with Gasteiger partial charge in [0.15, 0.2) is 11.5 Å². The Bertz CT molecular complexity index is 1110. The van der Waals surface area contributed by atoms with E-state index in [9.17, 15) is 9.90 Å². The zero-order valence-corrected chi connectivity index (χ0v) is 17.4. The lowest BCUT2D eigenvalue weighted by atomic mass is 10.2. The molecular weight excluding hydrogens is 425 g/mol. The molecule has 0 fully saturated rings. The van der Waals surface area contributed by atoms with Crippen molar-refractivity contribution in [3.8, 4) is 17.2 Å². The Morgan fingerprint density at radius 1 is 1.03 bits per heavy atom. The first-order valence-electron chi connectivity index (χ1n) is 8.80. The second-order valence-corrected chi connectivity index (χ2v) is 6.96. The molecule has 5 nitrogen and oxygen atoms in total. The molecule has 1 N–H and O–H groups in total. The van der Waals surface area contributed by atoms with E-state index in [0.29, 0.717) is 22.0 Å². The average Bonchev–Trinajstić information content (AvgIpc) is 2.73. The van der Waals surface area contributed by atoms with Gasteiger partial charge in [-0.25, -0.2) is 4.79 Å². The molecule has 0 spiro atoms. The zero-order chi connectivity index (χ0) is 21.5. The molecule has 0 aliphatic carbocycles. The lowest BCUT2D eigenvalue weighted by Crippen LogP contribution is -2.06. The van der Waals surface area contributed by atoms with Crippen LogP contribution in [-0.2, 0) is 4.79 Å². The van der Waals surface area contributed by atoms with E-state index in [2.05, 4.69) is 4.99 Å². The summed E-state index contributed by atoms with van der Waals surface area (Å²) >= 11 is 12.2. The molecule has 3 aromatic carbocycles. The van der Waals surface area contributed by atoms with Crippen LogP contribution in [0.15, 0.2) is 71.7 Å². The van der Waals surface area contributed by atoms with Crippen LogP contribution >= 0.6 is 23.2 Å². The monoisotopic (exact) mass is 441 g/mol. The van der Waals surface area contributed by atoms with E-state index in [1.807, 2.05) is 6.07 Å². The average molecular weight is 442 g/mol. The smallest absolute Gasteiger partial charge is 0.336 e. The number of ether oxygens (including phenoxy) is 2. The highest BCUT2D eigenvalue weighted by Gasteiger charge is 2.14. The summed E-state index contributed by atoms with van der Waals surface area (Å²) in [6.07, 6.45) is 4.46. The van der Waals surface area contributed by atoms with Crippen LogP contribution in [0.1, 0.15) is 11.1 Å². The van der Waals surface area contributed by atoms with Crippen molar-refractivity contribution in [2.75, 3.05) is 7.11 Å². The maximum Gasteiger partial charge on any atom is 0.336 e. The molecule has 0 bridgehead atoms. The molecular formula is C23H17Cl2NO4. The molecule has 7 heteroatoms. The number of halogens is 2. The van der Waals surface area contributed by atoms with Gasteiger partial charge in [-0.1, -0.05) is 35.3 Å². The molecule has 0 atom stereocenters. The summed E-state index contributed by atoms with van der Waals surface area (Å²) in [5.74, 6) is -0.0456. The molecule has 0 amide bonds. The highest BCUT2D eigenvalue weighted by Crippen LogP contribution is 2.36. The molecule has 0 heterocycles. The van der Waals surface area contributed by atoms with Crippen molar-refractivity contribution >= 4 is 47.1 Å². The van der Waals surface area contributed by atoms with Crippen molar-refractivity contribution in [1.82, 2.24) is 0 Å². The predicted molar refractivity (Wildman–Crippen MR) is 119 cm³/mol. The number of nitrogens with zero attached hydrogens (tertiary/aromatic N) is 1. The van der Waals surface area contributed by atoms with Crippen LogP contribution in [0.5, 0.6) is 17.2 Å². The van der Waals surface area contributed by atoms with Gasteiger partial charge in [-0.05, 0) is 65.7 Å². The first-order valence-corrected chi connectivity index (χ1v) is 9.56. The summed E-state index contributed by atoms with van der Waals surface area (Å²) in [6, 6.07) is 16.8. The van der Waals surface area contributed by atoms with Crippen LogP contribution in [0.25, 0.3) is 6.08 Å². The number of hydrogen-bond donors (Lipinski definition) is 1. The van der Waals surface area contributed by atoms with Gasteiger partial charge in [0, 0.05) is 17.3 Å². The third kappa shape index (κ3) is 5.86. The van der Waals surface area contributed by atoms with Gasteiger partial charge < -0.3 is 14.6 Å². The summed E-state index contributed by atoms with van der Waals surface area (Å²) < 4.78 is 10.7. The van der Waals surface area contributed by atoms with Gasteiger partial charge in [0.05, 0.1) is 17.8 Å². The van der Waals surface area contributed by atoms with Crippen molar-refractivity contribution in [1.29, 1.82) is 0 Å². The van der Waals surface area contributed by atoms with Crippen molar-refractivity contribution in [3.63, 3.8) is 0 Å². The molecule has 152 valence electrons. The summed E-state index contributed by atoms with van der Waals surface area (Å²) in [5, 5.41) is 10.1. The van der Waals surface area contributed by atoms with Crippen molar-refractivity contribution in [2.24, 2.45) is 4.99 Å². The third-order valence-corrected chi connectivity index (χ3v) is 4.44. The van der Waals surface area contributed by atoms with Gasteiger partial charge in [-0.2, -0.15) is 0 Å². The highest BCUT2D eigenvalue weighted by molar-refractivity contribution is 6.32. The number of phenolic OH excluding ortho intramolecular Hbond substituents is 1. The number of phenols is 1. The van der Waals surface area contributed by atoms with E-state index in [-0.39, 0.29) is 16.5 Å². The number of hydrogen-bond acceptors (Lipinski definition) is 5. The second-order valence-electron chi connectivity index (χ2n) is 6.12. The summed E-state index contributed by atoms with van der Waals surface area (Å²) in [6.45, 7) is 0. The van der Waals surface area contributed by atoms with Crippen molar-refractivity contribution in [3.05, 3.63) is 87.9 Å². The van der Waals surface area contributed by atoms with E-state index < -0.39 is 5.97 Å². The first-order chi connectivity index (χ1) is 14.4. The van der Waals surface area contributed by atoms with E-state index in [0.717, 1.165) is 5.56 Å². The minimum atomic E-state index is -0.610. The van der Waals surface area contributed by atoms with E-state index in [1.165, 1.54) is 13.2 Å². The molecule has 0 aliphatic rings. The minimum Gasteiger partial charge on any atom is -0.508 e. The van der Waals surface area contributed by atoms with Crippen LogP contribution in [-0.4, -0.2) is 24.4 Å². The molecule has 0 radical (unpaired) electrons. The molecule has 0 saturated heterocycles. The topological polar surface area (TPSA) is 68.1 Å². The zero-order valence-electron chi connectivity index (χ0n) is 15.9. The number of esters is 1. The minimum absolute atomic E-state index is 0.113.